The monoisotopic (exact) mass is 311 g/mol. The van der Waals surface area contributed by atoms with Gasteiger partial charge in [-0.3, -0.25) is 9.59 Å². The van der Waals surface area contributed by atoms with Gasteiger partial charge in [0.1, 0.15) is 5.56 Å². The van der Waals surface area contributed by atoms with Crippen molar-refractivity contribution in [2.75, 3.05) is 13.1 Å². The third-order valence-electron chi connectivity index (χ3n) is 4.20. The van der Waals surface area contributed by atoms with Gasteiger partial charge in [0.25, 0.3) is 11.5 Å². The molecule has 2 aromatic rings. The number of aryl methyl sites for hydroxylation is 1. The first-order chi connectivity index (χ1) is 11.0. The van der Waals surface area contributed by atoms with Crippen LogP contribution in [-0.4, -0.2) is 34.5 Å². The Bertz CT molecular complexity index is 782. The van der Waals surface area contributed by atoms with Gasteiger partial charge in [0.2, 0.25) is 0 Å². The van der Waals surface area contributed by atoms with E-state index in [1.54, 1.807) is 27.8 Å². The molecule has 0 unspecified atom stereocenters. The highest BCUT2D eigenvalue weighted by atomic mass is 16.2. The van der Waals surface area contributed by atoms with Crippen molar-refractivity contribution < 1.29 is 4.79 Å². The number of hydrogen-bond acceptors (Lipinski definition) is 3. The Morgan fingerprint density at radius 1 is 1.30 bits per heavy atom. The lowest BCUT2D eigenvalue weighted by Gasteiger charge is -2.16. The smallest absolute Gasteiger partial charge is 0.263 e. The van der Waals surface area contributed by atoms with Gasteiger partial charge >= 0.3 is 0 Å². The van der Waals surface area contributed by atoms with E-state index < -0.39 is 0 Å². The number of aromatic nitrogens is 1. The molecule has 1 aliphatic rings. The number of benzene rings is 1. The summed E-state index contributed by atoms with van der Waals surface area (Å²) in [6.45, 7) is 3.61. The predicted octanol–water partition coefficient (Wildman–Crippen LogP) is 1.38. The fraction of sp³-hybridized carbons (Fsp3) is 0.333. The Morgan fingerprint density at radius 2 is 2.13 bits per heavy atom. The van der Waals surface area contributed by atoms with Gasteiger partial charge in [-0.05, 0) is 31.0 Å². The van der Waals surface area contributed by atoms with Crippen molar-refractivity contribution in [3.8, 4) is 0 Å². The third-order valence-corrected chi connectivity index (χ3v) is 4.20. The minimum atomic E-state index is -0.250. The lowest BCUT2D eigenvalue weighted by molar-refractivity contribution is 0.0788. The minimum Gasteiger partial charge on any atom is -0.337 e. The van der Waals surface area contributed by atoms with Crippen LogP contribution in [0.1, 0.15) is 27.9 Å². The summed E-state index contributed by atoms with van der Waals surface area (Å²) in [4.78, 5) is 26.8. The Kier molecular flexibility index (Phi) is 4.30. The first-order valence-electron chi connectivity index (χ1n) is 7.84. The highest BCUT2D eigenvalue weighted by Crippen LogP contribution is 2.11. The second-order valence-corrected chi connectivity index (χ2v) is 6.14. The van der Waals surface area contributed by atoms with Gasteiger partial charge in [-0.15, -0.1) is 0 Å². The van der Waals surface area contributed by atoms with E-state index in [1.807, 2.05) is 31.2 Å². The van der Waals surface area contributed by atoms with Crippen molar-refractivity contribution in [2.45, 2.75) is 25.9 Å². The quantitative estimate of drug-likeness (QED) is 0.931. The van der Waals surface area contributed by atoms with Crippen LogP contribution in [0.4, 0.5) is 0 Å². The van der Waals surface area contributed by atoms with Crippen LogP contribution in [0, 0.1) is 6.92 Å². The number of rotatable bonds is 3. The summed E-state index contributed by atoms with van der Waals surface area (Å²) in [6.07, 6.45) is 2.51. The molecular weight excluding hydrogens is 290 g/mol. The van der Waals surface area contributed by atoms with Crippen molar-refractivity contribution in [3.63, 3.8) is 0 Å². The van der Waals surface area contributed by atoms with Gasteiger partial charge in [0.15, 0.2) is 0 Å². The Labute approximate surface area is 135 Å². The van der Waals surface area contributed by atoms with Crippen LogP contribution in [0.25, 0.3) is 0 Å². The van der Waals surface area contributed by atoms with Crippen molar-refractivity contribution in [2.24, 2.45) is 5.73 Å². The minimum absolute atomic E-state index is 0.0113. The van der Waals surface area contributed by atoms with Crippen molar-refractivity contribution >= 4 is 5.91 Å². The topological polar surface area (TPSA) is 68.3 Å². The molecule has 0 bridgehead atoms. The summed E-state index contributed by atoms with van der Waals surface area (Å²) in [5, 5.41) is 0. The maximum absolute atomic E-state index is 12.6. The zero-order valence-electron chi connectivity index (χ0n) is 13.2. The maximum Gasteiger partial charge on any atom is 0.263 e. The van der Waals surface area contributed by atoms with E-state index in [1.165, 1.54) is 0 Å². The number of carbonyl (C=O) groups is 1. The van der Waals surface area contributed by atoms with Gasteiger partial charge in [-0.25, -0.2) is 0 Å². The predicted molar refractivity (Wildman–Crippen MR) is 89.5 cm³/mol. The number of nitrogens with two attached hydrogens (primary N) is 1. The van der Waals surface area contributed by atoms with Crippen molar-refractivity contribution in [1.29, 1.82) is 0 Å². The normalized spacial score (nSPS) is 17.5. The molecule has 1 fully saturated rings. The number of carbonyl (C=O) groups excluding carboxylic acids is 1. The van der Waals surface area contributed by atoms with Crippen LogP contribution in [0.2, 0.25) is 0 Å². The van der Waals surface area contributed by atoms with Crippen LogP contribution in [-0.2, 0) is 6.54 Å². The Hall–Kier alpha value is -2.40. The molecule has 1 saturated heterocycles. The van der Waals surface area contributed by atoms with Crippen LogP contribution in [0.5, 0.6) is 0 Å². The first-order valence-corrected chi connectivity index (χ1v) is 7.84. The fourth-order valence-corrected chi connectivity index (χ4v) is 2.97. The zero-order valence-corrected chi connectivity index (χ0v) is 13.2. The fourth-order valence-electron chi connectivity index (χ4n) is 2.97. The lowest BCUT2D eigenvalue weighted by Crippen LogP contribution is -2.36. The number of pyridine rings is 1. The molecule has 0 radical (unpaired) electrons. The highest BCUT2D eigenvalue weighted by molar-refractivity contribution is 5.94. The number of hydrogen-bond donors (Lipinski definition) is 1. The molecule has 0 saturated carbocycles. The average molecular weight is 311 g/mol. The standard InChI is InChI=1S/C18H21N3O2/c1-13-4-2-5-14(10-13)11-20-8-3-6-16(17(20)22)18(23)21-9-7-15(19)12-21/h2-6,8,10,15H,7,9,11-12,19H2,1H3/t15-/m0/s1. The molecule has 0 spiro atoms. The number of likely N-dealkylation sites (tertiary alicyclic amines) is 1. The average Bonchev–Trinajstić information content (AvgIpc) is 2.95. The Balaban J connectivity index is 1.86. The molecule has 1 aromatic carbocycles. The summed E-state index contributed by atoms with van der Waals surface area (Å²) in [5.74, 6) is -0.221. The van der Waals surface area contributed by atoms with Crippen LogP contribution in [0.15, 0.2) is 47.4 Å². The van der Waals surface area contributed by atoms with Crippen molar-refractivity contribution in [3.05, 3.63) is 69.6 Å². The SMILES string of the molecule is Cc1cccc(Cn2cccc(C(=O)N3CC[C@H](N)C3)c2=O)c1. The Morgan fingerprint density at radius 3 is 2.83 bits per heavy atom. The molecule has 2 heterocycles. The largest absolute Gasteiger partial charge is 0.337 e. The first kappa shape index (κ1) is 15.5. The summed E-state index contributed by atoms with van der Waals surface area (Å²) < 4.78 is 1.58. The molecule has 23 heavy (non-hydrogen) atoms. The molecule has 5 heteroatoms. The molecular formula is C18H21N3O2. The third kappa shape index (κ3) is 3.35. The van der Waals surface area contributed by atoms with Gasteiger partial charge in [-0.1, -0.05) is 29.8 Å². The summed E-state index contributed by atoms with van der Waals surface area (Å²) >= 11 is 0. The number of nitrogens with zero attached hydrogens (tertiary/aromatic N) is 2. The van der Waals surface area contributed by atoms with E-state index in [4.69, 9.17) is 5.73 Å². The second kappa shape index (κ2) is 6.38. The van der Waals surface area contributed by atoms with E-state index in [-0.39, 0.29) is 23.1 Å². The van der Waals surface area contributed by atoms with Gasteiger partial charge in [0, 0.05) is 25.3 Å². The summed E-state index contributed by atoms with van der Waals surface area (Å²) in [5.41, 5.74) is 8.00. The van der Waals surface area contributed by atoms with Gasteiger partial charge < -0.3 is 15.2 Å². The highest BCUT2D eigenvalue weighted by Gasteiger charge is 2.26. The van der Waals surface area contributed by atoms with Crippen molar-refractivity contribution in [1.82, 2.24) is 9.47 Å². The molecule has 2 N–H and O–H groups in total. The number of amides is 1. The van der Waals surface area contributed by atoms with E-state index in [9.17, 15) is 9.59 Å². The van der Waals surface area contributed by atoms with E-state index in [2.05, 4.69) is 0 Å². The van der Waals surface area contributed by atoms with Crippen LogP contribution in [0.3, 0.4) is 0 Å². The van der Waals surface area contributed by atoms with Gasteiger partial charge in [0.05, 0.1) is 6.54 Å². The van der Waals surface area contributed by atoms with E-state index in [0.717, 1.165) is 17.5 Å². The van der Waals surface area contributed by atoms with E-state index >= 15 is 0 Å². The summed E-state index contributed by atoms with van der Waals surface area (Å²) in [7, 11) is 0. The van der Waals surface area contributed by atoms with Crippen LogP contribution >= 0.6 is 0 Å². The molecule has 1 amide bonds. The molecule has 1 atom stereocenters. The molecule has 0 aliphatic carbocycles. The molecule has 120 valence electrons. The molecule has 5 nitrogen and oxygen atoms in total. The maximum atomic E-state index is 12.6. The molecule has 3 rings (SSSR count). The van der Waals surface area contributed by atoms with Gasteiger partial charge in [-0.2, -0.15) is 0 Å². The lowest BCUT2D eigenvalue weighted by atomic mass is 10.1. The molecule has 1 aliphatic heterocycles. The zero-order chi connectivity index (χ0) is 16.4. The second-order valence-electron chi connectivity index (χ2n) is 6.14. The summed E-state index contributed by atoms with van der Waals surface area (Å²) in [6, 6.07) is 11.4. The van der Waals surface area contributed by atoms with E-state index in [0.29, 0.717) is 19.6 Å². The van der Waals surface area contributed by atoms with Crippen LogP contribution < -0.4 is 11.3 Å². The molecule has 1 aromatic heterocycles.